The van der Waals surface area contributed by atoms with Crippen molar-refractivity contribution in [2.75, 3.05) is 18.1 Å². The Morgan fingerprint density at radius 3 is 2.72 bits per heavy atom. The van der Waals surface area contributed by atoms with E-state index in [0.717, 1.165) is 0 Å². The third-order valence-corrected chi connectivity index (χ3v) is 3.14. The van der Waals surface area contributed by atoms with Crippen LogP contribution in [0.3, 0.4) is 0 Å². The van der Waals surface area contributed by atoms with E-state index in [9.17, 15) is 14.0 Å². The molecule has 1 aromatic rings. The molecule has 4 nitrogen and oxygen atoms in total. The van der Waals surface area contributed by atoms with Crippen LogP contribution in [0, 0.1) is 5.82 Å². The molecule has 0 N–H and O–H groups in total. The summed E-state index contributed by atoms with van der Waals surface area (Å²) in [5, 5.41) is 0. The molecule has 0 aliphatic carbocycles. The van der Waals surface area contributed by atoms with E-state index in [0.29, 0.717) is 22.5 Å². The molecule has 1 fully saturated rings. The summed E-state index contributed by atoms with van der Waals surface area (Å²) in [6, 6.07) is 2.46. The highest BCUT2D eigenvalue weighted by molar-refractivity contribution is 9.10. The summed E-state index contributed by atoms with van der Waals surface area (Å²) in [6.07, 6.45) is -0.139. The molecular formula is C12H11BrFNO3. The van der Waals surface area contributed by atoms with Gasteiger partial charge >= 0.3 is 0 Å². The smallest absolute Gasteiger partial charge is 0.235 e. The fourth-order valence-electron chi connectivity index (χ4n) is 1.84. The van der Waals surface area contributed by atoms with Crippen molar-refractivity contribution >= 4 is 33.3 Å². The highest BCUT2D eigenvalue weighted by Crippen LogP contribution is 2.38. The summed E-state index contributed by atoms with van der Waals surface area (Å²) in [5.41, 5.74) is 0.291. The number of halogens is 2. The topological polar surface area (TPSA) is 46.6 Å². The zero-order valence-electron chi connectivity index (χ0n) is 9.70. The molecule has 1 aliphatic rings. The van der Waals surface area contributed by atoms with E-state index < -0.39 is 5.82 Å². The molecule has 18 heavy (non-hydrogen) atoms. The van der Waals surface area contributed by atoms with E-state index in [1.54, 1.807) is 6.92 Å². The van der Waals surface area contributed by atoms with Crippen molar-refractivity contribution < 1.29 is 18.7 Å². The molecule has 1 heterocycles. The van der Waals surface area contributed by atoms with Crippen molar-refractivity contribution in [3.63, 3.8) is 0 Å². The van der Waals surface area contributed by atoms with E-state index in [2.05, 4.69) is 15.9 Å². The van der Waals surface area contributed by atoms with Crippen LogP contribution < -0.4 is 9.64 Å². The molecule has 1 aromatic carbocycles. The first-order chi connectivity index (χ1) is 8.52. The number of carbonyl (C=O) groups is 2. The summed E-state index contributed by atoms with van der Waals surface area (Å²) in [7, 11) is 0. The maximum absolute atomic E-state index is 13.4. The lowest BCUT2D eigenvalue weighted by atomic mass is 10.2. The van der Waals surface area contributed by atoms with Crippen molar-refractivity contribution in [3.8, 4) is 5.75 Å². The molecule has 0 spiro atoms. The number of anilines is 1. The summed E-state index contributed by atoms with van der Waals surface area (Å²) in [4.78, 5) is 24.2. The number of carbonyl (C=O) groups excluding carboxylic acids is 2. The summed E-state index contributed by atoms with van der Waals surface area (Å²) >= 11 is 3.19. The first kappa shape index (κ1) is 13.0. The molecule has 1 amide bonds. The first-order valence-corrected chi connectivity index (χ1v) is 6.26. The second kappa shape index (κ2) is 5.06. The average molecular weight is 316 g/mol. The minimum absolute atomic E-state index is 0.0329. The molecule has 1 aliphatic heterocycles. The van der Waals surface area contributed by atoms with E-state index in [1.165, 1.54) is 17.0 Å². The quantitative estimate of drug-likeness (QED) is 0.804. The maximum Gasteiger partial charge on any atom is 0.235 e. The highest BCUT2D eigenvalue weighted by Gasteiger charge is 2.31. The average Bonchev–Trinajstić information content (AvgIpc) is 2.61. The van der Waals surface area contributed by atoms with Gasteiger partial charge in [0.15, 0.2) is 11.5 Å². The Balaban J connectivity index is 2.48. The molecule has 6 heteroatoms. The minimum Gasteiger partial charge on any atom is -0.490 e. The Bertz CT molecular complexity index is 518. The monoisotopic (exact) mass is 315 g/mol. The van der Waals surface area contributed by atoms with Gasteiger partial charge in [-0.15, -0.1) is 0 Å². The number of ether oxygens (including phenoxy) is 1. The molecule has 0 bridgehead atoms. The number of amides is 1. The molecule has 0 saturated carbocycles. The van der Waals surface area contributed by atoms with Crippen LogP contribution in [0.15, 0.2) is 16.6 Å². The fourth-order valence-corrected chi connectivity index (χ4v) is 2.37. The van der Waals surface area contributed by atoms with Gasteiger partial charge in [0.05, 0.1) is 29.7 Å². The third-order valence-electron chi connectivity index (χ3n) is 2.55. The minimum atomic E-state index is -0.493. The Hall–Kier alpha value is -1.43. The molecule has 96 valence electrons. The van der Waals surface area contributed by atoms with Crippen molar-refractivity contribution in [2.45, 2.75) is 13.3 Å². The Kier molecular flexibility index (Phi) is 3.65. The zero-order chi connectivity index (χ0) is 13.3. The number of hydrogen-bond donors (Lipinski definition) is 0. The SMILES string of the molecule is CCOc1c(Br)cc(F)cc1N1CC(=O)CC1=O. The van der Waals surface area contributed by atoms with E-state index >= 15 is 0 Å². The van der Waals surface area contributed by atoms with Crippen LogP contribution in [0.2, 0.25) is 0 Å². The summed E-state index contributed by atoms with van der Waals surface area (Å²) in [6.45, 7) is 2.14. The van der Waals surface area contributed by atoms with Gasteiger partial charge < -0.3 is 9.64 Å². The van der Waals surface area contributed by atoms with Crippen molar-refractivity contribution in [3.05, 3.63) is 22.4 Å². The van der Waals surface area contributed by atoms with Crippen molar-refractivity contribution in [1.82, 2.24) is 0 Å². The lowest BCUT2D eigenvalue weighted by Gasteiger charge is -2.20. The van der Waals surface area contributed by atoms with Gasteiger partial charge in [0, 0.05) is 6.07 Å². The van der Waals surface area contributed by atoms with Crippen molar-refractivity contribution in [1.29, 1.82) is 0 Å². The third kappa shape index (κ3) is 2.38. The maximum atomic E-state index is 13.4. The van der Waals surface area contributed by atoms with Gasteiger partial charge in [0.1, 0.15) is 5.82 Å². The highest BCUT2D eigenvalue weighted by atomic mass is 79.9. The number of benzene rings is 1. The Morgan fingerprint density at radius 1 is 1.44 bits per heavy atom. The lowest BCUT2D eigenvalue weighted by molar-refractivity contribution is -0.121. The zero-order valence-corrected chi connectivity index (χ0v) is 11.3. The Morgan fingerprint density at radius 2 is 2.17 bits per heavy atom. The molecule has 2 rings (SSSR count). The fraction of sp³-hybridized carbons (Fsp3) is 0.333. The van der Waals surface area contributed by atoms with E-state index in [-0.39, 0.29) is 24.7 Å². The largest absolute Gasteiger partial charge is 0.490 e. The van der Waals surface area contributed by atoms with Gasteiger partial charge in [-0.05, 0) is 28.9 Å². The first-order valence-electron chi connectivity index (χ1n) is 5.46. The number of rotatable bonds is 3. The summed E-state index contributed by atoms with van der Waals surface area (Å²) in [5.74, 6) is -0.629. The second-order valence-electron chi connectivity index (χ2n) is 3.86. The molecule has 0 atom stereocenters. The van der Waals surface area contributed by atoms with Gasteiger partial charge in [-0.3, -0.25) is 9.59 Å². The van der Waals surface area contributed by atoms with Crippen LogP contribution in [0.25, 0.3) is 0 Å². The predicted octanol–water partition coefficient (Wildman–Crippen LogP) is 2.29. The molecule has 0 aromatic heterocycles. The Labute approximate surface area is 112 Å². The number of hydrogen-bond acceptors (Lipinski definition) is 3. The second-order valence-corrected chi connectivity index (χ2v) is 4.72. The predicted molar refractivity (Wildman–Crippen MR) is 67.2 cm³/mol. The summed E-state index contributed by atoms with van der Waals surface area (Å²) < 4.78 is 19.2. The van der Waals surface area contributed by atoms with Gasteiger partial charge in [0.2, 0.25) is 5.91 Å². The van der Waals surface area contributed by atoms with Gasteiger partial charge in [-0.1, -0.05) is 0 Å². The van der Waals surface area contributed by atoms with Gasteiger partial charge in [-0.2, -0.15) is 0 Å². The van der Waals surface area contributed by atoms with Gasteiger partial charge in [0.25, 0.3) is 0 Å². The molecule has 0 radical (unpaired) electrons. The normalized spacial score (nSPS) is 15.4. The standard InChI is InChI=1S/C12H11BrFNO3/c1-2-18-12-9(13)3-7(14)4-10(12)15-6-8(16)5-11(15)17/h3-4H,2,5-6H2,1H3. The van der Waals surface area contributed by atoms with Crippen molar-refractivity contribution in [2.24, 2.45) is 0 Å². The van der Waals surface area contributed by atoms with Crippen LogP contribution in [-0.2, 0) is 9.59 Å². The number of ketones is 1. The van der Waals surface area contributed by atoms with Crippen LogP contribution in [-0.4, -0.2) is 24.8 Å². The molecular weight excluding hydrogens is 305 g/mol. The number of Topliss-reactive ketones (excluding diaryl/α,β-unsaturated/α-hetero) is 1. The van der Waals surface area contributed by atoms with E-state index in [4.69, 9.17) is 4.74 Å². The van der Waals surface area contributed by atoms with Crippen LogP contribution in [0.4, 0.5) is 10.1 Å². The molecule has 1 saturated heterocycles. The van der Waals surface area contributed by atoms with Crippen LogP contribution in [0.5, 0.6) is 5.75 Å². The van der Waals surface area contributed by atoms with E-state index in [1.807, 2.05) is 0 Å². The van der Waals surface area contributed by atoms with Crippen LogP contribution in [0.1, 0.15) is 13.3 Å². The lowest BCUT2D eigenvalue weighted by Crippen LogP contribution is -2.25. The van der Waals surface area contributed by atoms with Crippen LogP contribution >= 0.6 is 15.9 Å². The number of nitrogens with zero attached hydrogens (tertiary/aromatic N) is 1. The van der Waals surface area contributed by atoms with Gasteiger partial charge in [-0.25, -0.2) is 4.39 Å². The molecule has 0 unspecified atom stereocenters.